The minimum absolute atomic E-state index is 0.138. The summed E-state index contributed by atoms with van der Waals surface area (Å²) in [7, 11) is 2.05. The van der Waals surface area contributed by atoms with Crippen LogP contribution in [0.2, 0.25) is 0 Å². The van der Waals surface area contributed by atoms with E-state index in [1.165, 1.54) is 6.07 Å². The van der Waals surface area contributed by atoms with Crippen molar-refractivity contribution in [2.45, 2.75) is 26.3 Å². The van der Waals surface area contributed by atoms with E-state index in [2.05, 4.69) is 34.7 Å². The van der Waals surface area contributed by atoms with Crippen LogP contribution in [0.1, 0.15) is 19.4 Å². The summed E-state index contributed by atoms with van der Waals surface area (Å²) < 4.78 is 14.5. The van der Waals surface area contributed by atoms with E-state index >= 15 is 0 Å². The molecule has 18 heavy (non-hydrogen) atoms. The average Bonchev–Trinajstić information content (AvgIpc) is 2.30. The van der Waals surface area contributed by atoms with Gasteiger partial charge in [0.05, 0.1) is 0 Å². The van der Waals surface area contributed by atoms with Crippen LogP contribution in [0.3, 0.4) is 0 Å². The number of hydrogen-bond acceptors (Lipinski definition) is 2. The van der Waals surface area contributed by atoms with E-state index in [1.807, 2.05) is 13.1 Å². The molecule has 4 heteroatoms. The van der Waals surface area contributed by atoms with Crippen molar-refractivity contribution in [2.24, 2.45) is 11.7 Å². The van der Waals surface area contributed by atoms with E-state index in [4.69, 9.17) is 5.73 Å². The molecule has 1 rings (SSSR count). The minimum atomic E-state index is -0.138. The van der Waals surface area contributed by atoms with Crippen LogP contribution in [0, 0.1) is 11.7 Å². The van der Waals surface area contributed by atoms with Crippen molar-refractivity contribution in [2.75, 3.05) is 20.1 Å². The molecule has 2 N–H and O–H groups in total. The molecular weight excluding hydrogens is 295 g/mol. The Labute approximate surface area is 117 Å². The lowest BCUT2D eigenvalue weighted by Gasteiger charge is -2.30. The number of nitrogens with two attached hydrogens (primary N) is 1. The molecule has 0 saturated carbocycles. The molecule has 0 saturated heterocycles. The first-order chi connectivity index (χ1) is 8.45. The van der Waals surface area contributed by atoms with E-state index in [0.29, 0.717) is 24.9 Å². The van der Waals surface area contributed by atoms with Gasteiger partial charge in [0.2, 0.25) is 0 Å². The van der Waals surface area contributed by atoms with Gasteiger partial charge in [0.15, 0.2) is 0 Å². The average molecular weight is 317 g/mol. The summed E-state index contributed by atoms with van der Waals surface area (Å²) in [5.41, 5.74) is 6.52. The monoisotopic (exact) mass is 316 g/mol. The van der Waals surface area contributed by atoms with Crippen LogP contribution in [0.15, 0.2) is 22.7 Å². The first-order valence-electron chi connectivity index (χ1n) is 6.30. The van der Waals surface area contributed by atoms with Gasteiger partial charge in [0.25, 0.3) is 0 Å². The van der Waals surface area contributed by atoms with Gasteiger partial charge in [-0.15, -0.1) is 0 Å². The van der Waals surface area contributed by atoms with Crippen molar-refractivity contribution in [3.05, 3.63) is 34.1 Å². The number of likely N-dealkylation sites (N-methyl/N-ethyl adjacent to an activating group) is 1. The van der Waals surface area contributed by atoms with Gasteiger partial charge in [-0.2, -0.15) is 0 Å². The van der Waals surface area contributed by atoms with Crippen molar-refractivity contribution in [3.8, 4) is 0 Å². The zero-order valence-electron chi connectivity index (χ0n) is 11.3. The number of benzene rings is 1. The van der Waals surface area contributed by atoms with Crippen LogP contribution >= 0.6 is 15.9 Å². The summed E-state index contributed by atoms with van der Waals surface area (Å²) in [5.74, 6) is 0.368. The normalized spacial score (nSPS) is 13.3. The van der Waals surface area contributed by atoms with Crippen LogP contribution in [0.25, 0.3) is 0 Å². The Kier molecular flexibility index (Phi) is 6.26. The molecule has 1 unspecified atom stereocenters. The van der Waals surface area contributed by atoms with Gasteiger partial charge in [-0.25, -0.2) is 4.39 Å². The third-order valence-corrected chi connectivity index (χ3v) is 3.81. The highest BCUT2D eigenvalue weighted by Crippen LogP contribution is 2.17. The molecule has 0 bridgehead atoms. The van der Waals surface area contributed by atoms with Crippen molar-refractivity contribution < 1.29 is 4.39 Å². The Morgan fingerprint density at radius 2 is 2.06 bits per heavy atom. The molecule has 1 aromatic carbocycles. The quantitative estimate of drug-likeness (QED) is 0.874. The summed E-state index contributed by atoms with van der Waals surface area (Å²) in [5, 5.41) is 0. The second kappa shape index (κ2) is 7.22. The molecule has 102 valence electrons. The molecule has 0 heterocycles. The first-order valence-corrected chi connectivity index (χ1v) is 7.09. The van der Waals surface area contributed by atoms with E-state index in [-0.39, 0.29) is 5.82 Å². The van der Waals surface area contributed by atoms with E-state index in [1.54, 1.807) is 6.07 Å². The Hall–Kier alpha value is -0.450. The molecule has 0 aliphatic rings. The fourth-order valence-electron chi connectivity index (χ4n) is 2.16. The summed E-state index contributed by atoms with van der Waals surface area (Å²) in [6.07, 6.45) is 0.699. The number of hydrogen-bond donors (Lipinski definition) is 1. The van der Waals surface area contributed by atoms with Crippen LogP contribution in [0.5, 0.6) is 0 Å². The van der Waals surface area contributed by atoms with Gasteiger partial charge in [-0.05, 0) is 43.1 Å². The SMILES string of the molecule is CC(C)C(CN)N(C)CCc1cc(Br)ccc1F. The molecule has 0 spiro atoms. The van der Waals surface area contributed by atoms with Gasteiger partial charge in [-0.1, -0.05) is 29.8 Å². The molecule has 1 aromatic rings. The number of rotatable bonds is 6. The van der Waals surface area contributed by atoms with E-state index < -0.39 is 0 Å². The largest absolute Gasteiger partial charge is 0.329 e. The Morgan fingerprint density at radius 3 is 2.61 bits per heavy atom. The van der Waals surface area contributed by atoms with Crippen LogP contribution in [-0.2, 0) is 6.42 Å². The second-order valence-corrected chi connectivity index (χ2v) is 5.93. The van der Waals surface area contributed by atoms with Crippen molar-refractivity contribution in [1.82, 2.24) is 4.90 Å². The molecule has 0 aliphatic carbocycles. The third kappa shape index (κ3) is 4.34. The maximum atomic E-state index is 13.6. The Balaban J connectivity index is 2.61. The van der Waals surface area contributed by atoms with Gasteiger partial charge in [-0.3, -0.25) is 0 Å². The molecule has 0 aromatic heterocycles. The molecule has 0 radical (unpaired) electrons. The van der Waals surface area contributed by atoms with Crippen LogP contribution in [0.4, 0.5) is 4.39 Å². The lowest BCUT2D eigenvalue weighted by molar-refractivity contribution is 0.199. The Bertz CT molecular complexity index is 382. The van der Waals surface area contributed by atoms with Crippen LogP contribution < -0.4 is 5.73 Å². The second-order valence-electron chi connectivity index (χ2n) is 5.01. The molecule has 0 amide bonds. The van der Waals surface area contributed by atoms with Gasteiger partial charge < -0.3 is 10.6 Å². The lowest BCUT2D eigenvalue weighted by Crippen LogP contribution is -2.42. The Morgan fingerprint density at radius 1 is 1.39 bits per heavy atom. The zero-order valence-corrected chi connectivity index (χ0v) is 12.9. The number of nitrogens with zero attached hydrogens (tertiary/aromatic N) is 1. The highest BCUT2D eigenvalue weighted by atomic mass is 79.9. The smallest absolute Gasteiger partial charge is 0.126 e. The summed E-state index contributed by atoms with van der Waals surface area (Å²) >= 11 is 3.37. The van der Waals surface area contributed by atoms with Gasteiger partial charge >= 0.3 is 0 Å². The standard InChI is InChI=1S/C14H22BrFN2/c1-10(2)14(9-17)18(3)7-6-11-8-12(15)4-5-13(11)16/h4-5,8,10,14H,6-7,9,17H2,1-3H3. The van der Waals surface area contributed by atoms with Gasteiger partial charge in [0, 0.05) is 23.6 Å². The molecular formula is C14H22BrFN2. The van der Waals surface area contributed by atoms with Crippen molar-refractivity contribution in [3.63, 3.8) is 0 Å². The van der Waals surface area contributed by atoms with Crippen molar-refractivity contribution in [1.29, 1.82) is 0 Å². The topological polar surface area (TPSA) is 29.3 Å². The molecule has 0 aliphatic heterocycles. The summed E-state index contributed by atoms with van der Waals surface area (Å²) in [4.78, 5) is 2.21. The minimum Gasteiger partial charge on any atom is -0.329 e. The van der Waals surface area contributed by atoms with Gasteiger partial charge in [0.1, 0.15) is 5.82 Å². The van der Waals surface area contributed by atoms with Crippen LogP contribution in [-0.4, -0.2) is 31.1 Å². The van der Waals surface area contributed by atoms with Crippen molar-refractivity contribution >= 4 is 15.9 Å². The third-order valence-electron chi connectivity index (χ3n) is 3.32. The van der Waals surface area contributed by atoms with E-state index in [0.717, 1.165) is 16.6 Å². The molecule has 2 nitrogen and oxygen atoms in total. The highest BCUT2D eigenvalue weighted by Gasteiger charge is 2.17. The fourth-order valence-corrected chi connectivity index (χ4v) is 2.57. The predicted molar refractivity (Wildman–Crippen MR) is 78.1 cm³/mol. The van der Waals surface area contributed by atoms with E-state index in [9.17, 15) is 4.39 Å². The summed E-state index contributed by atoms with van der Waals surface area (Å²) in [6, 6.07) is 5.41. The highest BCUT2D eigenvalue weighted by molar-refractivity contribution is 9.10. The maximum Gasteiger partial charge on any atom is 0.126 e. The predicted octanol–water partition coefficient (Wildman–Crippen LogP) is 3.05. The number of halogens is 2. The molecule has 1 atom stereocenters. The lowest BCUT2D eigenvalue weighted by atomic mass is 10.0. The summed E-state index contributed by atoms with van der Waals surface area (Å²) in [6.45, 7) is 5.77. The molecule has 0 fully saturated rings. The fraction of sp³-hybridized carbons (Fsp3) is 0.571. The maximum absolute atomic E-state index is 13.6. The zero-order chi connectivity index (χ0) is 13.7. The first kappa shape index (κ1) is 15.6.